The van der Waals surface area contributed by atoms with Crippen molar-refractivity contribution >= 4 is 5.91 Å². The lowest BCUT2D eigenvalue weighted by atomic mass is 9.83. The number of nitrogens with zero attached hydrogens (tertiary/aromatic N) is 1. The molecular weight excluding hydrogens is 260 g/mol. The zero-order valence-electron chi connectivity index (χ0n) is 14.1. The lowest BCUT2D eigenvalue weighted by molar-refractivity contribution is -0.131. The molecule has 1 saturated carbocycles. The van der Waals surface area contributed by atoms with E-state index in [0.717, 1.165) is 38.4 Å². The third kappa shape index (κ3) is 5.28. The van der Waals surface area contributed by atoms with Crippen LogP contribution in [0.5, 0.6) is 0 Å². The van der Waals surface area contributed by atoms with E-state index in [0.29, 0.717) is 17.9 Å². The number of likely N-dealkylation sites (tertiary alicyclic amines) is 1. The highest BCUT2D eigenvalue weighted by Crippen LogP contribution is 2.28. The van der Waals surface area contributed by atoms with Gasteiger partial charge in [-0.15, -0.1) is 0 Å². The van der Waals surface area contributed by atoms with Gasteiger partial charge in [-0.1, -0.05) is 33.1 Å². The van der Waals surface area contributed by atoms with Crippen LogP contribution in [0.4, 0.5) is 0 Å². The second kappa shape index (κ2) is 8.77. The van der Waals surface area contributed by atoms with Gasteiger partial charge in [-0.05, 0) is 50.5 Å². The standard InChI is InChI=1S/C18H34N2O/c1-3-12-19-17(16-7-5-4-6-8-16)14-20-13-11-15(2)9-10-18(20)21/h15-17,19H,3-14H2,1-2H3. The van der Waals surface area contributed by atoms with Crippen molar-refractivity contribution in [2.75, 3.05) is 19.6 Å². The molecule has 2 rings (SSSR count). The van der Waals surface area contributed by atoms with E-state index in [1.54, 1.807) is 0 Å². The largest absolute Gasteiger partial charge is 0.341 e. The van der Waals surface area contributed by atoms with Gasteiger partial charge in [0, 0.05) is 25.6 Å². The Kier molecular flexibility index (Phi) is 7.01. The molecule has 1 amide bonds. The Bertz CT molecular complexity index is 312. The number of rotatable bonds is 6. The van der Waals surface area contributed by atoms with Gasteiger partial charge >= 0.3 is 0 Å². The maximum atomic E-state index is 12.4. The zero-order valence-corrected chi connectivity index (χ0v) is 14.1. The van der Waals surface area contributed by atoms with E-state index in [1.807, 2.05) is 0 Å². The predicted molar refractivity (Wildman–Crippen MR) is 88.3 cm³/mol. The average Bonchev–Trinajstić information content (AvgIpc) is 2.67. The maximum Gasteiger partial charge on any atom is 0.222 e. The molecule has 1 aliphatic heterocycles. The van der Waals surface area contributed by atoms with Crippen LogP contribution < -0.4 is 5.32 Å². The van der Waals surface area contributed by atoms with Crippen molar-refractivity contribution in [3.63, 3.8) is 0 Å². The summed E-state index contributed by atoms with van der Waals surface area (Å²) in [5.74, 6) is 1.87. The highest BCUT2D eigenvalue weighted by atomic mass is 16.2. The first kappa shape index (κ1) is 16.8. The summed E-state index contributed by atoms with van der Waals surface area (Å²) in [7, 11) is 0. The van der Waals surface area contributed by atoms with E-state index in [2.05, 4.69) is 24.1 Å². The second-order valence-electron chi connectivity index (χ2n) is 7.23. The third-order valence-electron chi connectivity index (χ3n) is 5.39. The van der Waals surface area contributed by atoms with Crippen molar-refractivity contribution in [1.29, 1.82) is 0 Å². The summed E-state index contributed by atoms with van der Waals surface area (Å²) in [6.07, 6.45) is 11.0. The van der Waals surface area contributed by atoms with Crippen molar-refractivity contribution in [1.82, 2.24) is 10.2 Å². The Hall–Kier alpha value is -0.570. The molecule has 3 nitrogen and oxygen atoms in total. The molecule has 1 saturated heterocycles. The summed E-state index contributed by atoms with van der Waals surface area (Å²) in [5, 5.41) is 3.74. The highest BCUT2D eigenvalue weighted by molar-refractivity contribution is 5.76. The Balaban J connectivity index is 1.93. The summed E-state index contributed by atoms with van der Waals surface area (Å²) in [5.41, 5.74) is 0. The minimum absolute atomic E-state index is 0.387. The lowest BCUT2D eigenvalue weighted by Gasteiger charge is -2.35. The molecule has 1 N–H and O–H groups in total. The molecule has 0 aromatic carbocycles. The Morgan fingerprint density at radius 2 is 1.95 bits per heavy atom. The molecule has 0 aromatic rings. The van der Waals surface area contributed by atoms with Crippen LogP contribution >= 0.6 is 0 Å². The van der Waals surface area contributed by atoms with Crippen LogP contribution in [0.1, 0.15) is 71.6 Å². The first-order chi connectivity index (χ1) is 10.2. The molecule has 0 bridgehead atoms. The molecule has 0 aromatic heterocycles. The molecular formula is C18H34N2O. The smallest absolute Gasteiger partial charge is 0.222 e. The van der Waals surface area contributed by atoms with Crippen LogP contribution in [0.25, 0.3) is 0 Å². The first-order valence-electron chi connectivity index (χ1n) is 9.22. The fourth-order valence-electron chi connectivity index (χ4n) is 3.85. The van der Waals surface area contributed by atoms with Crippen molar-refractivity contribution in [2.24, 2.45) is 11.8 Å². The van der Waals surface area contributed by atoms with Gasteiger partial charge in [0.15, 0.2) is 0 Å². The van der Waals surface area contributed by atoms with E-state index < -0.39 is 0 Å². The minimum Gasteiger partial charge on any atom is -0.341 e. The van der Waals surface area contributed by atoms with Crippen molar-refractivity contribution < 1.29 is 4.79 Å². The first-order valence-corrected chi connectivity index (χ1v) is 9.22. The van der Waals surface area contributed by atoms with E-state index in [9.17, 15) is 4.79 Å². The molecule has 3 heteroatoms. The molecule has 0 spiro atoms. The quantitative estimate of drug-likeness (QED) is 0.812. The fourth-order valence-corrected chi connectivity index (χ4v) is 3.85. The van der Waals surface area contributed by atoms with Crippen molar-refractivity contribution in [3.8, 4) is 0 Å². The Morgan fingerprint density at radius 3 is 2.67 bits per heavy atom. The maximum absolute atomic E-state index is 12.4. The van der Waals surface area contributed by atoms with Crippen LogP contribution in [0.15, 0.2) is 0 Å². The molecule has 2 fully saturated rings. The normalized spacial score (nSPS) is 26.7. The van der Waals surface area contributed by atoms with Gasteiger partial charge in [-0.2, -0.15) is 0 Å². The molecule has 2 unspecified atom stereocenters. The number of amides is 1. The van der Waals surface area contributed by atoms with Crippen LogP contribution in [-0.2, 0) is 4.79 Å². The minimum atomic E-state index is 0.387. The molecule has 2 aliphatic rings. The Morgan fingerprint density at radius 1 is 1.19 bits per heavy atom. The third-order valence-corrected chi connectivity index (χ3v) is 5.39. The van der Waals surface area contributed by atoms with Crippen molar-refractivity contribution in [3.05, 3.63) is 0 Å². The van der Waals surface area contributed by atoms with Gasteiger partial charge in [0.1, 0.15) is 0 Å². The second-order valence-corrected chi connectivity index (χ2v) is 7.23. The molecule has 21 heavy (non-hydrogen) atoms. The summed E-state index contributed by atoms with van der Waals surface area (Å²) in [6.45, 7) is 7.50. The summed E-state index contributed by atoms with van der Waals surface area (Å²) >= 11 is 0. The van der Waals surface area contributed by atoms with E-state index in [4.69, 9.17) is 0 Å². The molecule has 2 atom stereocenters. The molecule has 122 valence electrons. The SMILES string of the molecule is CCCNC(CN1CCC(C)CCC1=O)C1CCCCC1. The monoisotopic (exact) mass is 294 g/mol. The molecule has 0 radical (unpaired) electrons. The van der Waals surface area contributed by atoms with E-state index >= 15 is 0 Å². The Labute approximate surface area is 130 Å². The van der Waals surface area contributed by atoms with Gasteiger partial charge in [-0.25, -0.2) is 0 Å². The van der Waals surface area contributed by atoms with E-state index in [1.165, 1.54) is 44.9 Å². The lowest BCUT2D eigenvalue weighted by Crippen LogP contribution is -2.48. The van der Waals surface area contributed by atoms with Gasteiger partial charge < -0.3 is 10.2 Å². The highest BCUT2D eigenvalue weighted by Gasteiger charge is 2.28. The average molecular weight is 294 g/mol. The zero-order chi connectivity index (χ0) is 15.1. The van der Waals surface area contributed by atoms with Crippen LogP contribution in [0.2, 0.25) is 0 Å². The predicted octanol–water partition coefficient (Wildman–Crippen LogP) is 3.58. The van der Waals surface area contributed by atoms with Crippen LogP contribution in [0, 0.1) is 11.8 Å². The molecule has 1 aliphatic carbocycles. The van der Waals surface area contributed by atoms with Crippen LogP contribution in [0.3, 0.4) is 0 Å². The van der Waals surface area contributed by atoms with Gasteiger partial charge in [0.05, 0.1) is 0 Å². The van der Waals surface area contributed by atoms with Gasteiger partial charge in [0.25, 0.3) is 0 Å². The van der Waals surface area contributed by atoms with Gasteiger partial charge in [0.2, 0.25) is 5.91 Å². The van der Waals surface area contributed by atoms with Crippen molar-refractivity contribution in [2.45, 2.75) is 77.7 Å². The van der Waals surface area contributed by atoms with E-state index in [-0.39, 0.29) is 0 Å². The van der Waals surface area contributed by atoms with Gasteiger partial charge in [-0.3, -0.25) is 4.79 Å². The number of hydrogen-bond acceptors (Lipinski definition) is 2. The topological polar surface area (TPSA) is 32.3 Å². The number of carbonyl (C=O) groups is 1. The fraction of sp³-hybridized carbons (Fsp3) is 0.944. The number of hydrogen-bond donors (Lipinski definition) is 1. The summed E-state index contributed by atoms with van der Waals surface area (Å²) in [6, 6.07) is 0.516. The number of nitrogens with one attached hydrogen (secondary N) is 1. The summed E-state index contributed by atoms with van der Waals surface area (Å²) < 4.78 is 0. The number of carbonyl (C=O) groups excluding carboxylic acids is 1. The van der Waals surface area contributed by atoms with Crippen LogP contribution in [-0.4, -0.2) is 36.5 Å². The molecule has 1 heterocycles. The summed E-state index contributed by atoms with van der Waals surface area (Å²) in [4.78, 5) is 14.5.